The van der Waals surface area contributed by atoms with Crippen LogP contribution in [0.25, 0.3) is 0 Å². The van der Waals surface area contributed by atoms with Gasteiger partial charge in [-0.15, -0.1) is 0 Å². The van der Waals surface area contributed by atoms with Gasteiger partial charge in [-0.25, -0.2) is 0 Å². The minimum atomic E-state index is -0.941. The molecule has 0 aromatic carbocycles. The zero-order chi connectivity index (χ0) is 13.9. The molecule has 2 aliphatic heterocycles. The maximum absolute atomic E-state index is 11.9. The predicted molar refractivity (Wildman–Crippen MR) is 66.8 cm³/mol. The van der Waals surface area contributed by atoms with Crippen molar-refractivity contribution in [3.63, 3.8) is 0 Å². The van der Waals surface area contributed by atoms with Gasteiger partial charge in [0.2, 0.25) is 5.91 Å². The molecule has 0 saturated carbocycles. The first-order valence-corrected chi connectivity index (χ1v) is 6.74. The van der Waals surface area contributed by atoms with E-state index < -0.39 is 5.97 Å². The van der Waals surface area contributed by atoms with Crippen molar-refractivity contribution in [3.05, 3.63) is 0 Å². The van der Waals surface area contributed by atoms with Crippen LogP contribution in [0.2, 0.25) is 0 Å². The Morgan fingerprint density at radius 2 is 2.21 bits per heavy atom. The predicted octanol–water partition coefficient (Wildman–Crippen LogP) is 0.648. The second kappa shape index (κ2) is 5.88. The van der Waals surface area contributed by atoms with E-state index in [2.05, 4.69) is 0 Å². The van der Waals surface area contributed by atoms with Crippen molar-refractivity contribution < 1.29 is 24.2 Å². The van der Waals surface area contributed by atoms with E-state index in [1.165, 1.54) is 0 Å². The van der Waals surface area contributed by atoms with Crippen LogP contribution in [0, 0.1) is 0 Å². The topological polar surface area (TPSA) is 76.1 Å². The highest BCUT2D eigenvalue weighted by molar-refractivity contribution is 5.80. The molecule has 1 amide bonds. The first-order chi connectivity index (χ1) is 9.07. The molecule has 6 heteroatoms. The second-order valence-corrected chi connectivity index (χ2v) is 5.22. The van der Waals surface area contributed by atoms with Crippen molar-refractivity contribution in [2.75, 3.05) is 26.8 Å². The lowest BCUT2D eigenvalue weighted by atomic mass is 9.85. The fourth-order valence-electron chi connectivity index (χ4n) is 3.00. The third-order valence-electron chi connectivity index (χ3n) is 4.10. The van der Waals surface area contributed by atoms with Gasteiger partial charge in [0, 0.05) is 33.2 Å². The number of rotatable bonds is 4. The number of nitrogens with zero attached hydrogens (tertiary/aromatic N) is 1. The normalized spacial score (nSPS) is 30.8. The molecule has 2 aliphatic rings. The standard InChI is InChI=1S/C13H21NO5/c1-18-10-9-14(11(15)3-4-12(16)17)7-6-13(10)5-2-8-19-13/h10H,2-9H2,1H3,(H,16,17)/t10-,13-/m0/s1. The second-order valence-electron chi connectivity index (χ2n) is 5.22. The Morgan fingerprint density at radius 1 is 1.42 bits per heavy atom. The van der Waals surface area contributed by atoms with Crippen molar-refractivity contribution in [3.8, 4) is 0 Å². The molecule has 19 heavy (non-hydrogen) atoms. The van der Waals surface area contributed by atoms with Gasteiger partial charge in [-0.3, -0.25) is 9.59 Å². The number of likely N-dealkylation sites (tertiary alicyclic amines) is 1. The summed E-state index contributed by atoms with van der Waals surface area (Å²) >= 11 is 0. The zero-order valence-electron chi connectivity index (χ0n) is 11.3. The highest BCUT2D eigenvalue weighted by Crippen LogP contribution is 2.37. The van der Waals surface area contributed by atoms with Crippen LogP contribution in [0.1, 0.15) is 32.1 Å². The maximum atomic E-state index is 11.9. The number of carbonyl (C=O) groups excluding carboxylic acids is 1. The third-order valence-corrected chi connectivity index (χ3v) is 4.10. The highest BCUT2D eigenvalue weighted by atomic mass is 16.5. The number of amides is 1. The summed E-state index contributed by atoms with van der Waals surface area (Å²) in [7, 11) is 1.64. The van der Waals surface area contributed by atoms with Crippen LogP contribution in [-0.4, -0.2) is 60.4 Å². The molecule has 1 N–H and O–H groups in total. The van der Waals surface area contributed by atoms with E-state index in [0.717, 1.165) is 25.9 Å². The summed E-state index contributed by atoms with van der Waals surface area (Å²) in [5.74, 6) is -1.05. The van der Waals surface area contributed by atoms with Gasteiger partial charge in [0.1, 0.15) is 6.10 Å². The monoisotopic (exact) mass is 271 g/mol. The van der Waals surface area contributed by atoms with E-state index in [1.54, 1.807) is 12.0 Å². The van der Waals surface area contributed by atoms with Gasteiger partial charge >= 0.3 is 5.97 Å². The molecule has 0 radical (unpaired) electrons. The first-order valence-electron chi connectivity index (χ1n) is 6.74. The van der Waals surface area contributed by atoms with Crippen LogP contribution in [0.3, 0.4) is 0 Å². The molecule has 1 spiro atoms. The van der Waals surface area contributed by atoms with Gasteiger partial charge in [0.25, 0.3) is 0 Å². The number of carboxylic acids is 1. The fourth-order valence-corrected chi connectivity index (χ4v) is 3.00. The number of carboxylic acid groups (broad SMARTS) is 1. The molecule has 2 atom stereocenters. The van der Waals surface area contributed by atoms with Crippen molar-refractivity contribution in [1.29, 1.82) is 0 Å². The minimum Gasteiger partial charge on any atom is -0.481 e. The van der Waals surface area contributed by atoms with E-state index in [0.29, 0.717) is 13.1 Å². The average Bonchev–Trinajstić information content (AvgIpc) is 2.85. The number of hydrogen-bond acceptors (Lipinski definition) is 4. The summed E-state index contributed by atoms with van der Waals surface area (Å²) in [5.41, 5.74) is -0.238. The molecule has 2 rings (SSSR count). The quantitative estimate of drug-likeness (QED) is 0.812. The van der Waals surface area contributed by atoms with Crippen LogP contribution in [0.5, 0.6) is 0 Å². The molecular weight excluding hydrogens is 250 g/mol. The highest BCUT2D eigenvalue weighted by Gasteiger charge is 2.47. The van der Waals surface area contributed by atoms with E-state index in [-0.39, 0.29) is 30.5 Å². The van der Waals surface area contributed by atoms with Gasteiger partial charge in [0.15, 0.2) is 0 Å². The van der Waals surface area contributed by atoms with Crippen LogP contribution in [-0.2, 0) is 19.1 Å². The number of aliphatic carboxylic acids is 1. The van der Waals surface area contributed by atoms with E-state index >= 15 is 0 Å². The molecule has 2 heterocycles. The largest absolute Gasteiger partial charge is 0.481 e. The number of methoxy groups -OCH3 is 1. The summed E-state index contributed by atoms with van der Waals surface area (Å²) in [6.07, 6.45) is 2.60. The van der Waals surface area contributed by atoms with E-state index in [4.69, 9.17) is 14.6 Å². The average molecular weight is 271 g/mol. The number of ether oxygens (including phenoxy) is 2. The van der Waals surface area contributed by atoms with Crippen LogP contribution >= 0.6 is 0 Å². The molecule has 0 aliphatic carbocycles. The molecule has 0 unspecified atom stereocenters. The van der Waals surface area contributed by atoms with Gasteiger partial charge in [-0.1, -0.05) is 0 Å². The Labute approximate surface area is 112 Å². The van der Waals surface area contributed by atoms with Crippen LogP contribution < -0.4 is 0 Å². The zero-order valence-corrected chi connectivity index (χ0v) is 11.3. The Bertz CT molecular complexity index is 351. The molecule has 0 aromatic rings. The van der Waals surface area contributed by atoms with Gasteiger partial charge in [0.05, 0.1) is 12.0 Å². The molecule has 2 fully saturated rings. The van der Waals surface area contributed by atoms with Gasteiger partial charge in [-0.05, 0) is 19.3 Å². The maximum Gasteiger partial charge on any atom is 0.303 e. The summed E-state index contributed by atoms with van der Waals surface area (Å²) in [6.45, 7) is 1.88. The Balaban J connectivity index is 1.93. The van der Waals surface area contributed by atoms with E-state index in [9.17, 15) is 9.59 Å². The summed E-state index contributed by atoms with van der Waals surface area (Å²) in [5, 5.41) is 8.61. The number of piperidine rings is 1. The van der Waals surface area contributed by atoms with Crippen molar-refractivity contribution >= 4 is 11.9 Å². The third kappa shape index (κ3) is 3.06. The smallest absolute Gasteiger partial charge is 0.303 e. The lowest BCUT2D eigenvalue weighted by molar-refractivity contribution is -0.159. The molecular formula is C13H21NO5. The van der Waals surface area contributed by atoms with Gasteiger partial charge in [-0.2, -0.15) is 0 Å². The number of carbonyl (C=O) groups is 2. The Morgan fingerprint density at radius 3 is 2.79 bits per heavy atom. The summed E-state index contributed by atoms with van der Waals surface area (Å²) in [6, 6.07) is 0. The van der Waals surface area contributed by atoms with Crippen molar-refractivity contribution in [2.24, 2.45) is 0 Å². The lowest BCUT2D eigenvalue weighted by Gasteiger charge is -2.44. The van der Waals surface area contributed by atoms with E-state index in [1.807, 2.05) is 0 Å². The number of hydrogen-bond donors (Lipinski definition) is 1. The molecule has 108 valence electrons. The fraction of sp³-hybridized carbons (Fsp3) is 0.846. The molecule has 0 aromatic heterocycles. The Hall–Kier alpha value is -1.14. The molecule has 2 saturated heterocycles. The minimum absolute atomic E-state index is 0.0552. The van der Waals surface area contributed by atoms with Crippen LogP contribution in [0.15, 0.2) is 0 Å². The summed E-state index contributed by atoms with van der Waals surface area (Å²) in [4.78, 5) is 24.1. The van der Waals surface area contributed by atoms with Crippen LogP contribution in [0.4, 0.5) is 0 Å². The Kier molecular flexibility index (Phi) is 4.42. The van der Waals surface area contributed by atoms with Crippen molar-refractivity contribution in [1.82, 2.24) is 4.90 Å². The van der Waals surface area contributed by atoms with Gasteiger partial charge < -0.3 is 19.5 Å². The molecule has 0 bridgehead atoms. The lowest BCUT2D eigenvalue weighted by Crippen LogP contribution is -2.57. The summed E-state index contributed by atoms with van der Waals surface area (Å²) < 4.78 is 11.4. The SMILES string of the molecule is CO[C@H]1CN(C(=O)CCC(=O)O)CC[C@@]12CCCO2. The molecule has 6 nitrogen and oxygen atoms in total. The van der Waals surface area contributed by atoms with Crippen molar-refractivity contribution in [2.45, 2.75) is 43.8 Å². The first kappa shape index (κ1) is 14.3.